The van der Waals surface area contributed by atoms with Crippen molar-refractivity contribution in [1.82, 2.24) is 10.2 Å². The Morgan fingerprint density at radius 1 is 1.39 bits per heavy atom. The highest BCUT2D eigenvalue weighted by molar-refractivity contribution is 6.00. The van der Waals surface area contributed by atoms with Crippen LogP contribution >= 0.6 is 0 Å². The molecular weight excluding hydrogens is 294 g/mol. The van der Waals surface area contributed by atoms with Crippen molar-refractivity contribution in [1.29, 1.82) is 0 Å². The minimum absolute atomic E-state index is 0.374. The van der Waals surface area contributed by atoms with Crippen LogP contribution in [0.15, 0.2) is 34.3 Å². The van der Waals surface area contributed by atoms with Gasteiger partial charge in [-0.3, -0.25) is 10.1 Å². The normalized spacial score (nSPS) is 17.7. The van der Waals surface area contributed by atoms with E-state index in [1.54, 1.807) is 0 Å². The van der Waals surface area contributed by atoms with Crippen LogP contribution in [0.4, 0.5) is 0 Å². The molecule has 0 spiro atoms. The van der Waals surface area contributed by atoms with Gasteiger partial charge in [-0.15, -0.1) is 0 Å². The molecule has 0 bridgehead atoms. The van der Waals surface area contributed by atoms with E-state index in [4.69, 9.17) is 15.6 Å². The van der Waals surface area contributed by atoms with Crippen LogP contribution in [0.1, 0.15) is 31.9 Å². The third kappa shape index (κ3) is 5.98. The Hall–Kier alpha value is -2.57. The number of benzene rings is 1. The van der Waals surface area contributed by atoms with Crippen molar-refractivity contribution in [2.75, 3.05) is 7.05 Å². The molecule has 0 unspecified atom stereocenters. The van der Waals surface area contributed by atoms with Crippen molar-refractivity contribution in [3.63, 3.8) is 0 Å². The summed E-state index contributed by atoms with van der Waals surface area (Å²) >= 11 is 0. The molecule has 0 radical (unpaired) electrons. The highest BCUT2D eigenvalue weighted by Gasteiger charge is 2.30. The average Bonchev–Trinajstić information content (AvgIpc) is 2.42. The highest BCUT2D eigenvalue weighted by Crippen LogP contribution is 2.17. The van der Waals surface area contributed by atoms with E-state index in [0.717, 1.165) is 12.9 Å². The average molecular weight is 319 g/mol. The lowest BCUT2D eigenvalue weighted by molar-refractivity contribution is -0.134. The number of hydrogen-bond acceptors (Lipinski definition) is 4. The van der Waals surface area contributed by atoms with Gasteiger partial charge in [-0.2, -0.15) is 0 Å². The van der Waals surface area contributed by atoms with Crippen molar-refractivity contribution < 1.29 is 9.90 Å². The van der Waals surface area contributed by atoms with Crippen molar-refractivity contribution in [3.05, 3.63) is 35.4 Å². The van der Waals surface area contributed by atoms with Crippen molar-refractivity contribution in [2.24, 2.45) is 15.7 Å². The van der Waals surface area contributed by atoms with Crippen molar-refractivity contribution in [3.8, 4) is 0 Å². The number of nitrogens with two attached hydrogens (primary N) is 1. The number of carboxylic acids is 1. The molecule has 0 aromatic heterocycles. The summed E-state index contributed by atoms with van der Waals surface area (Å²) in [4.78, 5) is 19.9. The summed E-state index contributed by atoms with van der Waals surface area (Å²) < 4.78 is 0. The van der Waals surface area contributed by atoms with E-state index >= 15 is 0 Å². The van der Waals surface area contributed by atoms with Crippen LogP contribution in [0.5, 0.6) is 0 Å². The van der Waals surface area contributed by atoms with Gasteiger partial charge >= 0.3 is 0 Å². The third-order valence-electron chi connectivity index (χ3n) is 3.30. The minimum atomic E-state index is -0.833. The molecule has 23 heavy (non-hydrogen) atoms. The molecule has 1 heterocycles. The number of nitrogens with zero attached hydrogens (tertiary/aromatic N) is 3. The van der Waals surface area contributed by atoms with Gasteiger partial charge in [0.2, 0.25) is 5.96 Å². The fourth-order valence-corrected chi connectivity index (χ4v) is 1.86. The van der Waals surface area contributed by atoms with Gasteiger partial charge in [0.05, 0.1) is 6.54 Å². The van der Waals surface area contributed by atoms with Crippen LogP contribution in [-0.2, 0) is 11.3 Å². The van der Waals surface area contributed by atoms with Gasteiger partial charge in [-0.1, -0.05) is 29.8 Å². The van der Waals surface area contributed by atoms with Crippen LogP contribution in [0.25, 0.3) is 0 Å². The first-order valence-electron chi connectivity index (χ1n) is 7.27. The van der Waals surface area contributed by atoms with Gasteiger partial charge in [0.1, 0.15) is 5.66 Å². The lowest BCUT2D eigenvalue weighted by Crippen LogP contribution is -2.58. The number of rotatable bonds is 2. The van der Waals surface area contributed by atoms with Crippen LogP contribution in [0.3, 0.4) is 0 Å². The zero-order valence-electron chi connectivity index (χ0n) is 14.3. The molecule has 1 aliphatic heterocycles. The fourth-order valence-electron chi connectivity index (χ4n) is 1.86. The zero-order valence-corrected chi connectivity index (χ0v) is 14.3. The van der Waals surface area contributed by atoms with Gasteiger partial charge in [0, 0.05) is 14.0 Å². The molecule has 0 aliphatic carbocycles. The van der Waals surface area contributed by atoms with E-state index in [-0.39, 0.29) is 5.66 Å². The number of hydrogen-bond donors (Lipinski definition) is 3. The SMILES string of the molecule is CC(=O)O.Cc1ccc(CN=C2NC(N)=NC(C)(C)N2C)cc1. The maximum Gasteiger partial charge on any atom is 0.300 e. The molecule has 0 amide bonds. The lowest BCUT2D eigenvalue weighted by Gasteiger charge is -2.38. The summed E-state index contributed by atoms with van der Waals surface area (Å²) in [6, 6.07) is 8.36. The van der Waals surface area contributed by atoms with Crippen LogP contribution in [-0.4, -0.2) is 40.6 Å². The van der Waals surface area contributed by atoms with E-state index in [2.05, 4.69) is 46.5 Å². The predicted octanol–water partition coefficient (Wildman–Crippen LogP) is 1.53. The first kappa shape index (κ1) is 18.5. The Kier molecular flexibility index (Phi) is 6.12. The Morgan fingerprint density at radius 3 is 2.43 bits per heavy atom. The lowest BCUT2D eigenvalue weighted by atomic mass is 10.1. The zero-order chi connectivity index (χ0) is 17.6. The Labute approximate surface area is 136 Å². The van der Waals surface area contributed by atoms with E-state index in [1.807, 2.05) is 25.8 Å². The summed E-state index contributed by atoms with van der Waals surface area (Å²) in [6.07, 6.45) is 0. The quantitative estimate of drug-likeness (QED) is 0.767. The molecular formula is C16H25N5O2. The van der Waals surface area contributed by atoms with Gasteiger partial charge in [-0.05, 0) is 26.3 Å². The summed E-state index contributed by atoms with van der Waals surface area (Å²) in [6.45, 7) is 7.78. The van der Waals surface area contributed by atoms with Crippen LogP contribution < -0.4 is 11.1 Å². The van der Waals surface area contributed by atoms with Crippen LogP contribution in [0.2, 0.25) is 0 Å². The summed E-state index contributed by atoms with van der Waals surface area (Å²) in [7, 11) is 1.96. The number of guanidine groups is 2. The van der Waals surface area contributed by atoms with Gasteiger partial charge in [0.25, 0.3) is 5.97 Å². The molecule has 0 atom stereocenters. The largest absolute Gasteiger partial charge is 0.481 e. The van der Waals surface area contributed by atoms with Crippen LogP contribution in [0, 0.1) is 6.92 Å². The summed E-state index contributed by atoms with van der Waals surface area (Å²) in [5.41, 5.74) is 7.83. The number of carboxylic acid groups (broad SMARTS) is 1. The van der Waals surface area contributed by atoms with Gasteiger partial charge in [-0.25, -0.2) is 9.98 Å². The maximum atomic E-state index is 9.00. The van der Waals surface area contributed by atoms with Crippen molar-refractivity contribution in [2.45, 2.75) is 39.9 Å². The van der Waals surface area contributed by atoms with E-state index in [9.17, 15) is 0 Å². The standard InChI is InChI=1S/C14H21N5.C2H4O2/c1-10-5-7-11(8-6-10)9-16-13-17-12(15)18-14(2,3)19(13)4;1-2(3)4/h5-8H,9H2,1-4H3,(H3,15,16,17,18);1H3,(H,3,4). The second-order valence-electron chi connectivity index (χ2n) is 5.82. The summed E-state index contributed by atoms with van der Waals surface area (Å²) in [5.74, 6) is 0.323. The molecule has 7 nitrogen and oxygen atoms in total. The number of aliphatic imine (C=N–C) groups is 2. The van der Waals surface area contributed by atoms with E-state index in [0.29, 0.717) is 12.5 Å². The first-order chi connectivity index (χ1) is 10.6. The molecule has 2 rings (SSSR count). The monoisotopic (exact) mass is 319 g/mol. The first-order valence-corrected chi connectivity index (χ1v) is 7.27. The smallest absolute Gasteiger partial charge is 0.300 e. The third-order valence-corrected chi connectivity index (χ3v) is 3.30. The molecule has 0 fully saturated rings. The van der Waals surface area contributed by atoms with Crippen molar-refractivity contribution >= 4 is 17.9 Å². The van der Waals surface area contributed by atoms with Gasteiger partial charge in [0.15, 0.2) is 5.96 Å². The number of carbonyl (C=O) groups is 1. The molecule has 0 saturated carbocycles. The number of nitrogens with one attached hydrogen (secondary N) is 1. The molecule has 126 valence electrons. The molecule has 0 saturated heterocycles. The second-order valence-corrected chi connectivity index (χ2v) is 5.82. The van der Waals surface area contributed by atoms with Gasteiger partial charge < -0.3 is 15.7 Å². The molecule has 7 heteroatoms. The molecule has 1 aromatic carbocycles. The Morgan fingerprint density at radius 2 is 1.91 bits per heavy atom. The summed E-state index contributed by atoms with van der Waals surface area (Å²) in [5, 5.41) is 10.4. The highest BCUT2D eigenvalue weighted by atomic mass is 16.4. The van der Waals surface area contributed by atoms with E-state index in [1.165, 1.54) is 11.1 Å². The molecule has 1 aromatic rings. The molecule has 1 aliphatic rings. The minimum Gasteiger partial charge on any atom is -0.481 e. The number of aryl methyl sites for hydroxylation is 1. The molecule has 4 N–H and O–H groups in total. The maximum absolute atomic E-state index is 9.00. The fraction of sp³-hybridized carbons (Fsp3) is 0.438. The predicted molar refractivity (Wildman–Crippen MR) is 92.2 cm³/mol. The Balaban J connectivity index is 0.000000593. The number of aliphatic carboxylic acids is 1. The topological polar surface area (TPSA) is 103 Å². The second kappa shape index (κ2) is 7.62. The van der Waals surface area contributed by atoms with E-state index < -0.39 is 5.97 Å². The Bertz CT molecular complexity index is 601.